The number of hydrogen-bond donors (Lipinski definition) is 0. The zero-order chi connectivity index (χ0) is 14.5. The highest BCUT2D eigenvalue weighted by Crippen LogP contribution is 2.39. The topological polar surface area (TPSA) is 57.7 Å². The Bertz CT molecular complexity index is 614. The maximum atomic E-state index is 12.5. The van der Waals surface area contributed by atoms with E-state index in [1.807, 2.05) is 0 Å². The highest BCUT2D eigenvalue weighted by atomic mass is 35.5. The van der Waals surface area contributed by atoms with Gasteiger partial charge >= 0.3 is 6.03 Å². The smallest absolute Gasteiger partial charge is 0.303 e. The average molecular weight is 313 g/mol. The Hall–Kier alpha value is -1.59. The number of benzene rings is 1. The minimum Gasteiger partial charge on any atom is -0.303 e. The zero-order valence-corrected chi connectivity index (χ0v) is 11.8. The second-order valence-corrected chi connectivity index (χ2v) is 5.72. The minimum absolute atomic E-state index is 0.285. The van der Waals surface area contributed by atoms with E-state index >= 15 is 0 Å². The molecule has 0 N–H and O–H groups in total. The van der Waals surface area contributed by atoms with Crippen molar-refractivity contribution >= 4 is 47.1 Å². The third-order valence-corrected chi connectivity index (χ3v) is 4.15. The fraction of sp³-hybridized carbons (Fsp3) is 0.308. The number of fused-ring (bicyclic) bond motifs is 1. The fourth-order valence-electron chi connectivity index (χ4n) is 2.80. The number of imide groups is 1. The van der Waals surface area contributed by atoms with Gasteiger partial charge in [0.05, 0.1) is 5.69 Å². The van der Waals surface area contributed by atoms with E-state index in [1.54, 1.807) is 0 Å². The molecule has 20 heavy (non-hydrogen) atoms. The van der Waals surface area contributed by atoms with Gasteiger partial charge in [0.25, 0.3) is 5.91 Å². The predicted molar refractivity (Wildman–Crippen MR) is 74.1 cm³/mol. The molecule has 7 heteroatoms. The van der Waals surface area contributed by atoms with Crippen LogP contribution in [0.3, 0.4) is 0 Å². The summed E-state index contributed by atoms with van der Waals surface area (Å²) in [6.45, 7) is 0.397. The first kappa shape index (κ1) is 13.4. The monoisotopic (exact) mass is 312 g/mol. The number of carbonyl (C=O) groups is 3. The van der Waals surface area contributed by atoms with Gasteiger partial charge in [-0.3, -0.25) is 4.79 Å². The van der Waals surface area contributed by atoms with Gasteiger partial charge in [0.15, 0.2) is 11.8 Å². The molecule has 0 radical (unpaired) electrons. The molecule has 0 bridgehead atoms. The lowest BCUT2D eigenvalue weighted by atomic mass is 9.98. The van der Waals surface area contributed by atoms with Crippen LogP contribution >= 0.6 is 23.2 Å². The number of amides is 3. The van der Waals surface area contributed by atoms with Crippen molar-refractivity contribution < 1.29 is 14.4 Å². The molecule has 1 atom stereocenters. The third-order valence-electron chi connectivity index (χ3n) is 3.72. The summed E-state index contributed by atoms with van der Waals surface area (Å²) < 4.78 is 0. The molecule has 2 heterocycles. The lowest BCUT2D eigenvalue weighted by Gasteiger charge is -2.20. The number of anilines is 1. The molecule has 0 saturated carbocycles. The van der Waals surface area contributed by atoms with Crippen LogP contribution in [0, 0.1) is 0 Å². The SMILES string of the molecule is O=CC12CCCN1C(=O)N(c1cc(Cl)cc(Cl)c1)C2=O. The van der Waals surface area contributed by atoms with Crippen molar-refractivity contribution in [3.8, 4) is 0 Å². The number of hydrogen-bond acceptors (Lipinski definition) is 3. The predicted octanol–water partition coefficient (Wildman–Crippen LogP) is 2.49. The van der Waals surface area contributed by atoms with Gasteiger partial charge in [0, 0.05) is 16.6 Å². The molecule has 2 saturated heterocycles. The lowest BCUT2D eigenvalue weighted by Crippen LogP contribution is -2.46. The molecule has 3 amide bonds. The average Bonchev–Trinajstić information content (AvgIpc) is 2.89. The summed E-state index contributed by atoms with van der Waals surface area (Å²) in [5.74, 6) is -0.534. The van der Waals surface area contributed by atoms with Gasteiger partial charge in [-0.15, -0.1) is 0 Å². The Balaban J connectivity index is 2.10. The third kappa shape index (κ3) is 1.66. The van der Waals surface area contributed by atoms with E-state index in [1.165, 1.54) is 23.1 Å². The molecule has 1 aromatic carbocycles. The van der Waals surface area contributed by atoms with Crippen LogP contribution in [-0.2, 0) is 9.59 Å². The maximum absolute atomic E-state index is 12.5. The normalized spacial score (nSPS) is 25.3. The Morgan fingerprint density at radius 3 is 2.35 bits per heavy atom. The summed E-state index contributed by atoms with van der Waals surface area (Å²) in [5.41, 5.74) is -1.07. The zero-order valence-electron chi connectivity index (χ0n) is 10.3. The highest BCUT2D eigenvalue weighted by Gasteiger charge is 2.60. The van der Waals surface area contributed by atoms with Crippen molar-refractivity contribution in [1.29, 1.82) is 0 Å². The second kappa shape index (κ2) is 4.46. The summed E-state index contributed by atoms with van der Waals surface area (Å²) in [7, 11) is 0. The molecule has 2 fully saturated rings. The first-order chi connectivity index (χ1) is 9.49. The fourth-order valence-corrected chi connectivity index (χ4v) is 3.31. The van der Waals surface area contributed by atoms with Crippen LogP contribution < -0.4 is 4.90 Å². The van der Waals surface area contributed by atoms with Crippen molar-refractivity contribution in [3.63, 3.8) is 0 Å². The van der Waals surface area contributed by atoms with Crippen molar-refractivity contribution in [2.75, 3.05) is 11.4 Å². The molecule has 0 aliphatic carbocycles. The molecule has 104 valence electrons. The van der Waals surface area contributed by atoms with E-state index in [4.69, 9.17) is 23.2 Å². The van der Waals surface area contributed by atoms with E-state index < -0.39 is 17.5 Å². The van der Waals surface area contributed by atoms with Crippen molar-refractivity contribution in [2.24, 2.45) is 0 Å². The Labute approximate surface area is 125 Å². The van der Waals surface area contributed by atoms with E-state index in [0.29, 0.717) is 35.7 Å². The standard InChI is InChI=1S/C13H10Cl2N2O3/c14-8-4-9(15)6-10(5-8)17-11(19)13(7-18)2-1-3-16(13)12(17)20/h4-7H,1-3H2. The van der Waals surface area contributed by atoms with Crippen molar-refractivity contribution in [1.82, 2.24) is 4.90 Å². The van der Waals surface area contributed by atoms with Crippen LogP contribution in [0.5, 0.6) is 0 Å². The molecule has 0 aromatic heterocycles. The van der Waals surface area contributed by atoms with Crippen LogP contribution in [0.4, 0.5) is 10.5 Å². The number of carbonyl (C=O) groups excluding carboxylic acids is 3. The van der Waals surface area contributed by atoms with Crippen LogP contribution in [-0.4, -0.2) is 35.2 Å². The molecule has 1 unspecified atom stereocenters. The van der Waals surface area contributed by atoms with Crippen LogP contribution in [0.1, 0.15) is 12.8 Å². The minimum atomic E-state index is -1.36. The van der Waals surface area contributed by atoms with Crippen molar-refractivity contribution in [3.05, 3.63) is 28.2 Å². The summed E-state index contributed by atoms with van der Waals surface area (Å²) in [4.78, 5) is 38.6. The number of halogens is 2. The molecule has 0 spiro atoms. The summed E-state index contributed by atoms with van der Waals surface area (Å²) in [5, 5.41) is 0.639. The molecule has 1 aromatic rings. The van der Waals surface area contributed by atoms with Gasteiger partial charge in [-0.25, -0.2) is 9.69 Å². The van der Waals surface area contributed by atoms with Crippen LogP contribution in [0.25, 0.3) is 0 Å². The van der Waals surface area contributed by atoms with E-state index in [2.05, 4.69) is 0 Å². The first-order valence-electron chi connectivity index (χ1n) is 6.08. The van der Waals surface area contributed by atoms with Gasteiger partial charge in [-0.1, -0.05) is 23.2 Å². The number of nitrogens with zero attached hydrogens (tertiary/aromatic N) is 2. The van der Waals surface area contributed by atoms with Crippen LogP contribution in [0.2, 0.25) is 10.0 Å². The molecule has 3 rings (SSSR count). The molecule has 5 nitrogen and oxygen atoms in total. The Kier molecular flexibility index (Phi) is 2.99. The van der Waals surface area contributed by atoms with Gasteiger partial charge in [0.1, 0.15) is 0 Å². The molecule has 2 aliphatic heterocycles. The molecular weight excluding hydrogens is 303 g/mol. The maximum Gasteiger partial charge on any atom is 0.332 e. The second-order valence-electron chi connectivity index (χ2n) is 4.85. The summed E-state index contributed by atoms with van der Waals surface area (Å²) in [6.07, 6.45) is 1.55. The largest absolute Gasteiger partial charge is 0.332 e. The summed E-state index contributed by atoms with van der Waals surface area (Å²) >= 11 is 11.8. The molecule has 2 aliphatic rings. The van der Waals surface area contributed by atoms with Crippen molar-refractivity contribution in [2.45, 2.75) is 18.4 Å². The van der Waals surface area contributed by atoms with Crippen LogP contribution in [0.15, 0.2) is 18.2 Å². The Morgan fingerprint density at radius 1 is 1.15 bits per heavy atom. The number of urea groups is 1. The number of rotatable bonds is 2. The van der Waals surface area contributed by atoms with E-state index in [0.717, 1.165) is 4.90 Å². The Morgan fingerprint density at radius 2 is 1.80 bits per heavy atom. The summed E-state index contributed by atoms with van der Waals surface area (Å²) in [6, 6.07) is 3.96. The van der Waals surface area contributed by atoms with E-state index in [9.17, 15) is 14.4 Å². The lowest BCUT2D eigenvalue weighted by molar-refractivity contribution is -0.130. The van der Waals surface area contributed by atoms with Gasteiger partial charge < -0.3 is 9.69 Å². The van der Waals surface area contributed by atoms with Gasteiger partial charge in [-0.2, -0.15) is 0 Å². The highest BCUT2D eigenvalue weighted by molar-refractivity contribution is 6.36. The molecular formula is C13H10Cl2N2O3. The quantitative estimate of drug-likeness (QED) is 0.479. The van der Waals surface area contributed by atoms with Gasteiger partial charge in [0.2, 0.25) is 0 Å². The first-order valence-corrected chi connectivity index (χ1v) is 6.84. The number of aldehydes is 1. The van der Waals surface area contributed by atoms with Gasteiger partial charge in [-0.05, 0) is 31.0 Å². The van der Waals surface area contributed by atoms with E-state index in [-0.39, 0.29) is 5.69 Å².